The van der Waals surface area contributed by atoms with E-state index < -0.39 is 22.9 Å². The van der Waals surface area contributed by atoms with Crippen LogP contribution in [-0.4, -0.2) is 4.57 Å². The second-order valence-electron chi connectivity index (χ2n) is 6.76. The van der Waals surface area contributed by atoms with E-state index in [1.807, 2.05) is 32.0 Å². The molecule has 0 aliphatic carbocycles. The molecule has 0 bridgehead atoms. The Kier molecular flexibility index (Phi) is 5.67. The molecule has 29 heavy (non-hydrogen) atoms. The Labute approximate surface area is 174 Å². The van der Waals surface area contributed by atoms with Crippen LogP contribution in [0.1, 0.15) is 27.8 Å². The van der Waals surface area contributed by atoms with E-state index in [-0.39, 0.29) is 12.2 Å². The van der Waals surface area contributed by atoms with Crippen molar-refractivity contribution in [3.63, 3.8) is 0 Å². The molecule has 0 fully saturated rings. The van der Waals surface area contributed by atoms with Crippen LogP contribution in [0.25, 0.3) is 11.3 Å². The van der Waals surface area contributed by atoms with Gasteiger partial charge >= 0.3 is 6.18 Å². The Morgan fingerprint density at radius 2 is 1.83 bits per heavy atom. The van der Waals surface area contributed by atoms with Crippen LogP contribution in [0.2, 0.25) is 0 Å². The lowest BCUT2D eigenvalue weighted by atomic mass is 10.0. The molecule has 3 rings (SSSR count). The van der Waals surface area contributed by atoms with Gasteiger partial charge in [0, 0.05) is 4.47 Å². The zero-order valence-electron chi connectivity index (χ0n) is 15.6. The van der Waals surface area contributed by atoms with E-state index in [1.54, 1.807) is 24.3 Å². The van der Waals surface area contributed by atoms with Crippen LogP contribution in [0.5, 0.6) is 0 Å². The summed E-state index contributed by atoms with van der Waals surface area (Å²) in [6.07, 6.45) is -4.82. The Bertz CT molecular complexity index is 1190. The summed E-state index contributed by atoms with van der Waals surface area (Å²) in [5, 5.41) is 9.28. The minimum Gasteiger partial charge on any atom is -0.303 e. The van der Waals surface area contributed by atoms with Crippen LogP contribution in [-0.2, 0) is 12.7 Å². The second kappa shape index (κ2) is 7.88. The van der Waals surface area contributed by atoms with Crippen molar-refractivity contribution in [2.24, 2.45) is 0 Å². The molecule has 0 atom stereocenters. The molecular weight excluding hydrogens is 445 g/mol. The van der Waals surface area contributed by atoms with Crippen LogP contribution in [0.15, 0.2) is 57.8 Å². The highest BCUT2D eigenvalue weighted by atomic mass is 79.9. The molecule has 3 nitrogen and oxygen atoms in total. The number of aryl methyl sites for hydroxylation is 2. The fourth-order valence-electron chi connectivity index (χ4n) is 3.22. The molecule has 7 heteroatoms. The van der Waals surface area contributed by atoms with E-state index in [0.717, 1.165) is 22.8 Å². The molecule has 0 unspecified atom stereocenters. The first-order valence-electron chi connectivity index (χ1n) is 8.69. The number of pyridine rings is 1. The van der Waals surface area contributed by atoms with Crippen LogP contribution in [0.3, 0.4) is 0 Å². The zero-order valence-corrected chi connectivity index (χ0v) is 17.2. The summed E-state index contributed by atoms with van der Waals surface area (Å²) < 4.78 is 42.5. The molecule has 1 aromatic heterocycles. The summed E-state index contributed by atoms with van der Waals surface area (Å²) >= 11 is 3.31. The fraction of sp³-hybridized carbons (Fsp3) is 0.182. The van der Waals surface area contributed by atoms with Crippen molar-refractivity contribution in [3.8, 4) is 17.3 Å². The third-order valence-electron chi connectivity index (χ3n) is 4.66. The first-order valence-corrected chi connectivity index (χ1v) is 9.48. The summed E-state index contributed by atoms with van der Waals surface area (Å²) in [7, 11) is 0. The minimum absolute atomic E-state index is 0.0552. The highest BCUT2D eigenvalue weighted by Gasteiger charge is 2.36. The number of nitrogens with zero attached hydrogens (tertiary/aromatic N) is 2. The topological polar surface area (TPSA) is 45.8 Å². The van der Waals surface area contributed by atoms with E-state index >= 15 is 0 Å². The number of rotatable bonds is 3. The summed E-state index contributed by atoms with van der Waals surface area (Å²) in [5.41, 5.74) is 0.193. The highest BCUT2D eigenvalue weighted by Crippen LogP contribution is 2.34. The summed E-state index contributed by atoms with van der Waals surface area (Å²) in [4.78, 5) is 13.0. The van der Waals surface area contributed by atoms with E-state index in [0.29, 0.717) is 10.0 Å². The summed E-state index contributed by atoms with van der Waals surface area (Å²) in [6, 6.07) is 14.7. The van der Waals surface area contributed by atoms with Crippen LogP contribution in [0.4, 0.5) is 13.2 Å². The Morgan fingerprint density at radius 3 is 2.41 bits per heavy atom. The molecule has 0 amide bonds. The predicted molar refractivity (Wildman–Crippen MR) is 109 cm³/mol. The van der Waals surface area contributed by atoms with Gasteiger partial charge in [-0.05, 0) is 48.7 Å². The van der Waals surface area contributed by atoms with Gasteiger partial charge in [0.15, 0.2) is 0 Å². The lowest BCUT2D eigenvalue weighted by Gasteiger charge is -2.19. The molecule has 2 aromatic carbocycles. The number of alkyl halides is 3. The number of halogens is 4. The lowest BCUT2D eigenvalue weighted by Crippen LogP contribution is -2.29. The van der Waals surface area contributed by atoms with Gasteiger partial charge in [-0.1, -0.05) is 51.8 Å². The molecule has 0 aliphatic heterocycles. The molecule has 0 saturated heterocycles. The van der Waals surface area contributed by atoms with E-state index in [1.165, 1.54) is 10.6 Å². The maximum Gasteiger partial charge on any atom is 0.417 e. The third kappa shape index (κ3) is 4.28. The first-order chi connectivity index (χ1) is 13.6. The number of nitriles is 1. The highest BCUT2D eigenvalue weighted by molar-refractivity contribution is 9.10. The van der Waals surface area contributed by atoms with Crippen molar-refractivity contribution in [2.75, 3.05) is 0 Å². The summed E-state index contributed by atoms with van der Waals surface area (Å²) in [6.45, 7) is 3.86. The predicted octanol–water partition coefficient (Wildman–Crippen LogP) is 5.83. The van der Waals surface area contributed by atoms with Crippen LogP contribution < -0.4 is 5.56 Å². The van der Waals surface area contributed by atoms with Gasteiger partial charge < -0.3 is 4.57 Å². The average Bonchev–Trinajstić information content (AvgIpc) is 2.64. The SMILES string of the molecule is Cc1ccc(Cn2c(-c3cccc(Br)c3)cc(C(F)(F)F)c(C#N)c2=O)c(C)c1. The molecule has 3 aromatic rings. The Hall–Kier alpha value is -2.85. The van der Waals surface area contributed by atoms with Gasteiger partial charge in [-0.15, -0.1) is 0 Å². The number of hydrogen-bond donors (Lipinski definition) is 0. The molecule has 0 saturated carbocycles. The molecule has 148 valence electrons. The largest absolute Gasteiger partial charge is 0.417 e. The Morgan fingerprint density at radius 1 is 1.10 bits per heavy atom. The molecule has 0 N–H and O–H groups in total. The lowest BCUT2D eigenvalue weighted by molar-refractivity contribution is -0.137. The van der Waals surface area contributed by atoms with Gasteiger partial charge in [0.05, 0.1) is 17.8 Å². The normalized spacial score (nSPS) is 11.3. The standard InChI is InChI=1S/C22H16BrF3N2O/c1-13-6-7-16(14(2)8-13)12-28-20(15-4-3-5-17(23)9-15)10-19(22(24,25)26)18(11-27)21(28)29/h3-10H,12H2,1-2H3. The Balaban J connectivity index is 2.33. The van der Waals surface area contributed by atoms with Gasteiger partial charge in [-0.3, -0.25) is 4.79 Å². The molecule has 0 spiro atoms. The van der Waals surface area contributed by atoms with Gasteiger partial charge in [-0.2, -0.15) is 18.4 Å². The number of benzene rings is 2. The number of hydrogen-bond acceptors (Lipinski definition) is 2. The van der Waals surface area contributed by atoms with E-state index in [4.69, 9.17) is 0 Å². The van der Waals surface area contributed by atoms with Crippen molar-refractivity contribution in [3.05, 3.63) is 91.2 Å². The maximum atomic E-state index is 13.5. The molecular formula is C22H16BrF3N2O. The monoisotopic (exact) mass is 460 g/mol. The van der Waals surface area contributed by atoms with Crippen LogP contribution >= 0.6 is 15.9 Å². The van der Waals surface area contributed by atoms with Crippen molar-refractivity contribution >= 4 is 15.9 Å². The summed E-state index contributed by atoms with van der Waals surface area (Å²) in [5.74, 6) is 0. The van der Waals surface area contributed by atoms with Crippen molar-refractivity contribution in [2.45, 2.75) is 26.6 Å². The van der Waals surface area contributed by atoms with Crippen molar-refractivity contribution < 1.29 is 13.2 Å². The van der Waals surface area contributed by atoms with E-state index in [2.05, 4.69) is 15.9 Å². The smallest absolute Gasteiger partial charge is 0.303 e. The second-order valence-corrected chi connectivity index (χ2v) is 7.68. The van der Waals surface area contributed by atoms with Gasteiger partial charge in [0.1, 0.15) is 11.6 Å². The molecule has 1 heterocycles. The quantitative estimate of drug-likeness (QED) is 0.493. The van der Waals surface area contributed by atoms with Gasteiger partial charge in [-0.25, -0.2) is 0 Å². The average molecular weight is 461 g/mol. The first kappa shape index (κ1) is 20.9. The van der Waals surface area contributed by atoms with E-state index in [9.17, 15) is 23.2 Å². The molecule has 0 aliphatic rings. The maximum absolute atomic E-state index is 13.5. The minimum atomic E-state index is -4.82. The van der Waals surface area contributed by atoms with Crippen molar-refractivity contribution in [1.82, 2.24) is 4.57 Å². The fourth-order valence-corrected chi connectivity index (χ4v) is 3.61. The van der Waals surface area contributed by atoms with Gasteiger partial charge in [0.2, 0.25) is 0 Å². The van der Waals surface area contributed by atoms with Gasteiger partial charge in [0.25, 0.3) is 5.56 Å². The van der Waals surface area contributed by atoms with Crippen molar-refractivity contribution in [1.29, 1.82) is 5.26 Å². The third-order valence-corrected chi connectivity index (χ3v) is 5.16. The molecule has 0 radical (unpaired) electrons. The van der Waals surface area contributed by atoms with Crippen LogP contribution in [0, 0.1) is 25.2 Å². The zero-order chi connectivity index (χ0) is 21.3. The number of aromatic nitrogens is 1.